The number of rotatable bonds is 4. The molecule has 0 saturated heterocycles. The molecule has 1 heterocycles. The van der Waals surface area contributed by atoms with Gasteiger partial charge in [0.15, 0.2) is 5.58 Å². The molecule has 0 saturated carbocycles. The summed E-state index contributed by atoms with van der Waals surface area (Å²) < 4.78 is 10.7. The van der Waals surface area contributed by atoms with E-state index in [9.17, 15) is 0 Å². The third kappa shape index (κ3) is 2.02. The Kier molecular flexibility index (Phi) is 3.10. The van der Waals surface area contributed by atoms with Gasteiger partial charge in [0.1, 0.15) is 11.3 Å². The van der Waals surface area contributed by atoms with Crippen LogP contribution in [-0.4, -0.2) is 12.1 Å². The third-order valence-electron chi connectivity index (χ3n) is 2.53. The lowest BCUT2D eigenvalue weighted by atomic mass is 10.2. The number of aromatic nitrogens is 1. The van der Waals surface area contributed by atoms with Crippen molar-refractivity contribution < 1.29 is 9.15 Å². The molecule has 0 amide bonds. The predicted molar refractivity (Wildman–Crippen MR) is 62.4 cm³/mol. The molecule has 4 nitrogen and oxygen atoms in total. The van der Waals surface area contributed by atoms with Crippen molar-refractivity contribution in [3.05, 3.63) is 24.1 Å². The average molecular weight is 220 g/mol. The molecule has 0 aliphatic rings. The largest absolute Gasteiger partial charge is 0.497 e. The second-order valence-corrected chi connectivity index (χ2v) is 3.78. The first kappa shape index (κ1) is 11.0. The Bertz CT molecular complexity index is 479. The van der Waals surface area contributed by atoms with E-state index < -0.39 is 0 Å². The molecular formula is C12H16N2O2. The Morgan fingerprint density at radius 1 is 1.50 bits per heavy atom. The summed E-state index contributed by atoms with van der Waals surface area (Å²) in [6.07, 6.45) is 1.90. The summed E-state index contributed by atoms with van der Waals surface area (Å²) in [6, 6.07) is 5.43. The van der Waals surface area contributed by atoms with E-state index in [1.165, 1.54) is 0 Å². The van der Waals surface area contributed by atoms with Crippen molar-refractivity contribution in [2.75, 3.05) is 7.11 Å². The minimum Gasteiger partial charge on any atom is -0.497 e. The fraction of sp³-hybridized carbons (Fsp3) is 0.417. The van der Waals surface area contributed by atoms with Gasteiger partial charge in [0.2, 0.25) is 5.89 Å². The molecule has 16 heavy (non-hydrogen) atoms. The molecule has 1 atom stereocenters. The Balaban J connectivity index is 2.35. The second kappa shape index (κ2) is 4.53. The van der Waals surface area contributed by atoms with E-state index in [0.29, 0.717) is 5.89 Å². The first-order valence-corrected chi connectivity index (χ1v) is 5.44. The topological polar surface area (TPSA) is 61.3 Å². The minimum absolute atomic E-state index is 0.122. The molecule has 0 aliphatic carbocycles. The Hall–Kier alpha value is -1.55. The van der Waals surface area contributed by atoms with Crippen molar-refractivity contribution >= 4 is 11.1 Å². The Morgan fingerprint density at radius 2 is 2.31 bits per heavy atom. The zero-order valence-corrected chi connectivity index (χ0v) is 9.56. The van der Waals surface area contributed by atoms with Crippen LogP contribution >= 0.6 is 0 Å². The molecule has 2 aromatic rings. The van der Waals surface area contributed by atoms with Crippen LogP contribution in [0.4, 0.5) is 0 Å². The van der Waals surface area contributed by atoms with Crippen molar-refractivity contribution in [2.24, 2.45) is 5.73 Å². The summed E-state index contributed by atoms with van der Waals surface area (Å²) in [5.41, 5.74) is 7.50. The fourth-order valence-electron chi connectivity index (χ4n) is 1.65. The lowest BCUT2D eigenvalue weighted by molar-refractivity contribution is 0.415. The van der Waals surface area contributed by atoms with Gasteiger partial charge < -0.3 is 14.9 Å². The average Bonchev–Trinajstić information content (AvgIpc) is 2.71. The summed E-state index contributed by atoms with van der Waals surface area (Å²) in [7, 11) is 1.63. The number of oxazole rings is 1. The number of ether oxygens (including phenoxy) is 1. The molecule has 1 unspecified atom stereocenters. The van der Waals surface area contributed by atoms with Crippen LogP contribution in [0.25, 0.3) is 11.1 Å². The van der Waals surface area contributed by atoms with E-state index in [1.54, 1.807) is 7.11 Å². The number of nitrogens with two attached hydrogens (primary N) is 1. The summed E-state index contributed by atoms with van der Waals surface area (Å²) in [5.74, 6) is 1.38. The smallest absolute Gasteiger partial charge is 0.212 e. The van der Waals surface area contributed by atoms with Crippen LogP contribution in [0.15, 0.2) is 22.6 Å². The molecule has 1 aromatic carbocycles. The van der Waals surface area contributed by atoms with Gasteiger partial charge in [-0.05, 0) is 18.6 Å². The van der Waals surface area contributed by atoms with E-state index in [2.05, 4.69) is 11.9 Å². The SMILES string of the molecule is CCCC(N)c1nc2cc(OC)ccc2o1. The van der Waals surface area contributed by atoms with E-state index in [1.807, 2.05) is 18.2 Å². The van der Waals surface area contributed by atoms with Crippen molar-refractivity contribution in [3.63, 3.8) is 0 Å². The number of hydrogen-bond acceptors (Lipinski definition) is 4. The highest BCUT2D eigenvalue weighted by Gasteiger charge is 2.13. The summed E-state index contributed by atoms with van der Waals surface area (Å²) in [5, 5.41) is 0. The molecule has 0 spiro atoms. The quantitative estimate of drug-likeness (QED) is 0.860. The van der Waals surface area contributed by atoms with Crippen LogP contribution in [0.5, 0.6) is 5.75 Å². The van der Waals surface area contributed by atoms with Crippen LogP contribution < -0.4 is 10.5 Å². The zero-order chi connectivity index (χ0) is 11.5. The van der Waals surface area contributed by atoms with Gasteiger partial charge in [-0.25, -0.2) is 4.98 Å². The highest BCUT2D eigenvalue weighted by molar-refractivity contribution is 5.74. The molecule has 0 fully saturated rings. The van der Waals surface area contributed by atoms with Gasteiger partial charge in [0, 0.05) is 6.07 Å². The lowest BCUT2D eigenvalue weighted by Gasteiger charge is -2.03. The lowest BCUT2D eigenvalue weighted by Crippen LogP contribution is -2.09. The number of nitrogens with zero attached hydrogens (tertiary/aromatic N) is 1. The molecule has 1 aromatic heterocycles. The number of hydrogen-bond donors (Lipinski definition) is 1. The van der Waals surface area contributed by atoms with Crippen LogP contribution in [-0.2, 0) is 0 Å². The highest BCUT2D eigenvalue weighted by atomic mass is 16.5. The van der Waals surface area contributed by atoms with Gasteiger partial charge in [-0.15, -0.1) is 0 Å². The molecule has 0 radical (unpaired) electrons. The second-order valence-electron chi connectivity index (χ2n) is 3.78. The standard InChI is InChI=1S/C12H16N2O2/c1-3-4-9(13)12-14-10-7-8(15-2)5-6-11(10)16-12/h5-7,9H,3-4,13H2,1-2H3. The van der Waals surface area contributed by atoms with E-state index >= 15 is 0 Å². The molecule has 0 aliphatic heterocycles. The monoisotopic (exact) mass is 220 g/mol. The highest BCUT2D eigenvalue weighted by Crippen LogP contribution is 2.24. The maximum absolute atomic E-state index is 5.95. The van der Waals surface area contributed by atoms with Gasteiger partial charge in [-0.2, -0.15) is 0 Å². The molecular weight excluding hydrogens is 204 g/mol. The van der Waals surface area contributed by atoms with Crippen LogP contribution in [0.1, 0.15) is 31.7 Å². The third-order valence-corrected chi connectivity index (χ3v) is 2.53. The molecule has 86 valence electrons. The molecule has 2 rings (SSSR count). The van der Waals surface area contributed by atoms with Crippen LogP contribution in [0.2, 0.25) is 0 Å². The van der Waals surface area contributed by atoms with E-state index in [4.69, 9.17) is 14.9 Å². The first-order valence-electron chi connectivity index (χ1n) is 5.44. The molecule has 4 heteroatoms. The van der Waals surface area contributed by atoms with E-state index in [-0.39, 0.29) is 6.04 Å². The van der Waals surface area contributed by atoms with E-state index in [0.717, 1.165) is 29.7 Å². The fourth-order valence-corrected chi connectivity index (χ4v) is 1.65. The van der Waals surface area contributed by atoms with Gasteiger partial charge >= 0.3 is 0 Å². The van der Waals surface area contributed by atoms with Crippen LogP contribution in [0, 0.1) is 0 Å². The van der Waals surface area contributed by atoms with Gasteiger partial charge in [-0.1, -0.05) is 13.3 Å². The van der Waals surface area contributed by atoms with Crippen molar-refractivity contribution in [1.82, 2.24) is 4.98 Å². The number of methoxy groups -OCH3 is 1. The maximum atomic E-state index is 5.95. The van der Waals surface area contributed by atoms with Gasteiger partial charge in [0.25, 0.3) is 0 Å². The minimum atomic E-state index is -0.122. The van der Waals surface area contributed by atoms with Gasteiger partial charge in [-0.3, -0.25) is 0 Å². The maximum Gasteiger partial charge on any atom is 0.212 e. The van der Waals surface area contributed by atoms with Crippen LogP contribution in [0.3, 0.4) is 0 Å². The van der Waals surface area contributed by atoms with Crippen molar-refractivity contribution in [2.45, 2.75) is 25.8 Å². The molecule has 2 N–H and O–H groups in total. The number of fused-ring (bicyclic) bond motifs is 1. The van der Waals surface area contributed by atoms with Crippen molar-refractivity contribution in [1.29, 1.82) is 0 Å². The Labute approximate surface area is 94.4 Å². The summed E-state index contributed by atoms with van der Waals surface area (Å²) in [4.78, 5) is 4.37. The number of benzene rings is 1. The Morgan fingerprint density at radius 3 is 3.00 bits per heavy atom. The van der Waals surface area contributed by atoms with Gasteiger partial charge in [0.05, 0.1) is 13.2 Å². The predicted octanol–water partition coefficient (Wildman–Crippen LogP) is 2.64. The molecule has 0 bridgehead atoms. The zero-order valence-electron chi connectivity index (χ0n) is 9.56. The summed E-state index contributed by atoms with van der Waals surface area (Å²) in [6.45, 7) is 2.09. The first-order chi connectivity index (χ1) is 7.74. The van der Waals surface area contributed by atoms with Crippen molar-refractivity contribution in [3.8, 4) is 5.75 Å². The summed E-state index contributed by atoms with van der Waals surface area (Å²) >= 11 is 0. The normalized spacial score (nSPS) is 12.9.